The van der Waals surface area contributed by atoms with E-state index in [2.05, 4.69) is 16.0 Å². The molecule has 176 valence electrons. The lowest BCUT2D eigenvalue weighted by Crippen LogP contribution is -2.50. The van der Waals surface area contributed by atoms with E-state index in [0.29, 0.717) is 32.0 Å². The third kappa shape index (κ3) is 6.32. The fraction of sp³-hybridized carbons (Fsp3) is 0.348. The minimum Gasteiger partial charge on any atom is -0.346 e. The number of likely N-dealkylation sites (tertiary alicyclic amines) is 1. The summed E-state index contributed by atoms with van der Waals surface area (Å²) in [7, 11) is 0. The maximum Gasteiger partial charge on any atom is 0.243 e. The van der Waals surface area contributed by atoms with Gasteiger partial charge in [-0.1, -0.05) is 18.2 Å². The highest BCUT2D eigenvalue weighted by Crippen LogP contribution is 2.21. The molecule has 3 N–H and O–H groups in total. The Labute approximate surface area is 189 Å². The molecule has 1 aliphatic rings. The molecule has 1 atom stereocenters. The van der Waals surface area contributed by atoms with Crippen LogP contribution in [0.3, 0.4) is 0 Å². The lowest BCUT2D eigenvalue weighted by Gasteiger charge is -2.34. The SMILES string of the molecule is CC(C(=O)NCC(=O)Nc1ccc(F)c(F)c1F)N1CCC(C(=O)Nc2ccccc2)CC1. The van der Waals surface area contributed by atoms with E-state index >= 15 is 0 Å². The van der Waals surface area contributed by atoms with Gasteiger partial charge in [0.25, 0.3) is 0 Å². The first-order valence-corrected chi connectivity index (χ1v) is 10.6. The predicted molar refractivity (Wildman–Crippen MR) is 117 cm³/mol. The topological polar surface area (TPSA) is 90.5 Å². The number of rotatable bonds is 7. The first kappa shape index (κ1) is 24.2. The van der Waals surface area contributed by atoms with Crippen molar-refractivity contribution in [2.75, 3.05) is 30.3 Å². The second-order valence-corrected chi connectivity index (χ2v) is 7.83. The number of carbonyl (C=O) groups is 3. The van der Waals surface area contributed by atoms with Gasteiger partial charge >= 0.3 is 0 Å². The van der Waals surface area contributed by atoms with Crippen LogP contribution in [-0.2, 0) is 14.4 Å². The van der Waals surface area contributed by atoms with E-state index in [9.17, 15) is 27.6 Å². The molecule has 2 aromatic rings. The lowest BCUT2D eigenvalue weighted by atomic mass is 9.94. The molecule has 1 unspecified atom stereocenters. The van der Waals surface area contributed by atoms with Crippen molar-refractivity contribution in [1.82, 2.24) is 10.2 Å². The van der Waals surface area contributed by atoms with Crippen LogP contribution < -0.4 is 16.0 Å². The number of benzene rings is 2. The Bertz CT molecular complexity index is 1010. The highest BCUT2D eigenvalue weighted by atomic mass is 19.2. The number of para-hydroxylation sites is 1. The van der Waals surface area contributed by atoms with Gasteiger partial charge < -0.3 is 16.0 Å². The fourth-order valence-electron chi connectivity index (χ4n) is 3.61. The van der Waals surface area contributed by atoms with Gasteiger partial charge in [0.2, 0.25) is 17.7 Å². The molecule has 7 nitrogen and oxygen atoms in total. The Kier molecular flexibility index (Phi) is 8.05. The van der Waals surface area contributed by atoms with Crippen molar-refractivity contribution in [3.8, 4) is 0 Å². The summed E-state index contributed by atoms with van der Waals surface area (Å²) in [5.74, 6) is -5.98. The fourth-order valence-corrected chi connectivity index (χ4v) is 3.61. The van der Waals surface area contributed by atoms with Crippen molar-refractivity contribution in [3.05, 3.63) is 59.9 Å². The van der Waals surface area contributed by atoms with Crippen molar-refractivity contribution < 1.29 is 27.6 Å². The van der Waals surface area contributed by atoms with E-state index in [1.807, 2.05) is 35.2 Å². The third-order valence-electron chi connectivity index (χ3n) is 5.60. The highest BCUT2D eigenvalue weighted by molar-refractivity contribution is 5.95. The van der Waals surface area contributed by atoms with Crippen molar-refractivity contribution in [3.63, 3.8) is 0 Å². The Morgan fingerprint density at radius 1 is 0.970 bits per heavy atom. The Morgan fingerprint density at radius 2 is 1.64 bits per heavy atom. The molecule has 3 amide bonds. The molecule has 0 bridgehead atoms. The van der Waals surface area contributed by atoms with Crippen LogP contribution in [0, 0.1) is 23.4 Å². The van der Waals surface area contributed by atoms with Crippen LogP contribution in [0.5, 0.6) is 0 Å². The van der Waals surface area contributed by atoms with Gasteiger partial charge in [0.15, 0.2) is 17.5 Å². The van der Waals surface area contributed by atoms with Gasteiger partial charge in [-0.3, -0.25) is 19.3 Å². The quantitative estimate of drug-likeness (QED) is 0.552. The maximum atomic E-state index is 13.7. The normalized spacial score (nSPS) is 15.5. The largest absolute Gasteiger partial charge is 0.346 e. The number of nitrogens with zero attached hydrogens (tertiary/aromatic N) is 1. The third-order valence-corrected chi connectivity index (χ3v) is 5.60. The summed E-state index contributed by atoms with van der Waals surface area (Å²) in [5, 5.41) is 7.44. The summed E-state index contributed by atoms with van der Waals surface area (Å²) in [4.78, 5) is 38.7. The van der Waals surface area contributed by atoms with Crippen molar-refractivity contribution in [2.45, 2.75) is 25.8 Å². The minimum absolute atomic E-state index is 0.0564. The summed E-state index contributed by atoms with van der Waals surface area (Å²) >= 11 is 0. The first-order valence-electron chi connectivity index (χ1n) is 10.6. The number of halogens is 3. The molecule has 0 spiro atoms. The van der Waals surface area contributed by atoms with E-state index in [1.54, 1.807) is 6.92 Å². The molecule has 33 heavy (non-hydrogen) atoms. The molecule has 1 heterocycles. The average molecular weight is 462 g/mol. The zero-order valence-corrected chi connectivity index (χ0v) is 18.0. The molecule has 0 saturated carbocycles. The van der Waals surface area contributed by atoms with Gasteiger partial charge in [0, 0.05) is 11.6 Å². The molecular weight excluding hydrogens is 437 g/mol. The number of piperidine rings is 1. The van der Waals surface area contributed by atoms with Crippen LogP contribution >= 0.6 is 0 Å². The zero-order chi connectivity index (χ0) is 24.0. The predicted octanol–water partition coefficient (Wildman–Crippen LogP) is 2.90. The van der Waals surface area contributed by atoms with Crippen LogP contribution in [0.2, 0.25) is 0 Å². The molecule has 10 heteroatoms. The van der Waals surface area contributed by atoms with Crippen LogP contribution in [0.4, 0.5) is 24.5 Å². The molecule has 0 radical (unpaired) electrons. The standard InChI is InChI=1S/C23H25F3N4O3/c1-14(22(32)27-13-19(31)29-18-8-7-17(24)20(25)21(18)26)30-11-9-15(10-12-30)23(33)28-16-5-3-2-4-6-16/h2-8,14-15H,9-13H2,1H3,(H,27,32)(H,28,33)(H,29,31). The highest BCUT2D eigenvalue weighted by Gasteiger charge is 2.30. The first-order chi connectivity index (χ1) is 15.8. The second kappa shape index (κ2) is 11.0. The molecule has 1 fully saturated rings. The van der Waals surface area contributed by atoms with E-state index in [4.69, 9.17) is 0 Å². The number of hydrogen-bond donors (Lipinski definition) is 3. The Hall–Kier alpha value is -3.40. The summed E-state index contributed by atoms with van der Waals surface area (Å²) in [6.07, 6.45) is 1.18. The van der Waals surface area contributed by atoms with Gasteiger partial charge in [-0.15, -0.1) is 0 Å². The zero-order valence-electron chi connectivity index (χ0n) is 18.0. The van der Waals surface area contributed by atoms with Crippen molar-refractivity contribution in [2.24, 2.45) is 5.92 Å². The number of amides is 3. The molecule has 0 aliphatic carbocycles. The molecule has 0 aromatic heterocycles. The number of hydrogen-bond acceptors (Lipinski definition) is 4. The van der Waals surface area contributed by atoms with Crippen LogP contribution in [0.1, 0.15) is 19.8 Å². The van der Waals surface area contributed by atoms with Crippen LogP contribution in [-0.4, -0.2) is 48.3 Å². The molecule has 2 aromatic carbocycles. The van der Waals surface area contributed by atoms with Crippen molar-refractivity contribution >= 4 is 29.1 Å². The smallest absolute Gasteiger partial charge is 0.243 e. The Morgan fingerprint density at radius 3 is 2.30 bits per heavy atom. The van der Waals surface area contributed by atoms with Gasteiger partial charge in [0.1, 0.15) is 0 Å². The molecule has 1 aliphatic heterocycles. The van der Waals surface area contributed by atoms with E-state index in [-0.39, 0.29) is 11.8 Å². The number of nitrogens with one attached hydrogen (secondary N) is 3. The summed E-state index contributed by atoms with van der Waals surface area (Å²) in [6, 6.07) is 10.2. The van der Waals surface area contributed by atoms with E-state index in [1.165, 1.54) is 0 Å². The number of anilines is 2. The lowest BCUT2D eigenvalue weighted by molar-refractivity contribution is -0.129. The van der Waals surface area contributed by atoms with E-state index in [0.717, 1.165) is 11.8 Å². The molecular formula is C23H25F3N4O3. The Balaban J connectivity index is 1.43. The van der Waals surface area contributed by atoms with Gasteiger partial charge in [-0.2, -0.15) is 0 Å². The number of carbonyl (C=O) groups excluding carboxylic acids is 3. The summed E-state index contributed by atoms with van der Waals surface area (Å²) < 4.78 is 39.9. The summed E-state index contributed by atoms with van der Waals surface area (Å²) in [5.41, 5.74) is 0.219. The van der Waals surface area contributed by atoms with Crippen LogP contribution in [0.15, 0.2) is 42.5 Å². The van der Waals surface area contributed by atoms with Gasteiger partial charge in [-0.05, 0) is 57.1 Å². The molecule has 3 rings (SSSR count). The maximum absolute atomic E-state index is 13.7. The summed E-state index contributed by atoms with van der Waals surface area (Å²) in [6.45, 7) is 2.30. The monoisotopic (exact) mass is 462 g/mol. The van der Waals surface area contributed by atoms with Gasteiger partial charge in [0.05, 0.1) is 18.3 Å². The van der Waals surface area contributed by atoms with Gasteiger partial charge in [-0.25, -0.2) is 13.2 Å². The average Bonchev–Trinajstić information content (AvgIpc) is 2.83. The van der Waals surface area contributed by atoms with E-state index < -0.39 is 47.5 Å². The van der Waals surface area contributed by atoms with Crippen molar-refractivity contribution in [1.29, 1.82) is 0 Å². The van der Waals surface area contributed by atoms with Crippen LogP contribution in [0.25, 0.3) is 0 Å². The molecule has 1 saturated heterocycles. The minimum atomic E-state index is -1.69. The second-order valence-electron chi connectivity index (χ2n) is 7.83.